The Balaban J connectivity index is 1.28. The molecule has 1 saturated heterocycles. The zero-order chi connectivity index (χ0) is 22.9. The Labute approximate surface area is 192 Å². The van der Waals surface area contributed by atoms with Gasteiger partial charge in [-0.25, -0.2) is 0 Å². The number of fused-ring (bicyclic) bond motifs is 5. The molecule has 4 N–H and O–H groups in total. The molecule has 1 heterocycles. The van der Waals surface area contributed by atoms with E-state index in [1.165, 1.54) is 6.42 Å². The van der Waals surface area contributed by atoms with Crippen LogP contribution in [-0.2, 0) is 14.3 Å². The molecule has 5 aliphatic rings. The summed E-state index contributed by atoms with van der Waals surface area (Å²) in [6, 6.07) is 0. The Morgan fingerprint density at radius 1 is 1.00 bits per heavy atom. The van der Waals surface area contributed by atoms with Crippen LogP contribution in [0, 0.1) is 34.5 Å². The summed E-state index contributed by atoms with van der Waals surface area (Å²) in [5.74, 6) is 0.725. The predicted octanol–water partition coefficient (Wildman–Crippen LogP) is 4.08. The predicted molar refractivity (Wildman–Crippen MR) is 121 cm³/mol. The third kappa shape index (κ3) is 3.30. The van der Waals surface area contributed by atoms with Crippen molar-refractivity contribution in [1.29, 1.82) is 0 Å². The van der Waals surface area contributed by atoms with Gasteiger partial charge in [0.15, 0.2) is 6.29 Å². The molecule has 5 fully saturated rings. The maximum absolute atomic E-state index is 12.0. The molecule has 0 unspecified atom stereocenters. The fraction of sp³-hybridized carbons (Fsp3) is 0.962. The van der Waals surface area contributed by atoms with Crippen molar-refractivity contribution in [2.24, 2.45) is 40.2 Å². The molecule has 1 aliphatic heterocycles. The molecular formula is C26H43NO5. The molecule has 0 aromatic rings. The number of ether oxygens (including phenoxy) is 2. The summed E-state index contributed by atoms with van der Waals surface area (Å²) in [4.78, 5) is 12.0. The van der Waals surface area contributed by atoms with E-state index in [0.717, 1.165) is 64.2 Å². The van der Waals surface area contributed by atoms with E-state index in [1.54, 1.807) is 0 Å². The van der Waals surface area contributed by atoms with Crippen LogP contribution in [0.2, 0.25) is 0 Å². The lowest BCUT2D eigenvalue weighted by Crippen LogP contribution is -2.66. The lowest BCUT2D eigenvalue weighted by atomic mass is 9.42. The number of nitrogens with two attached hydrogens (primary N) is 1. The van der Waals surface area contributed by atoms with E-state index in [9.17, 15) is 15.0 Å². The molecular weight excluding hydrogens is 406 g/mol. The van der Waals surface area contributed by atoms with Crippen molar-refractivity contribution in [3.63, 3.8) is 0 Å². The summed E-state index contributed by atoms with van der Waals surface area (Å²) >= 11 is 0. The van der Waals surface area contributed by atoms with E-state index in [0.29, 0.717) is 17.8 Å². The second-order valence-corrected chi connectivity index (χ2v) is 12.4. The molecule has 4 saturated carbocycles. The fourth-order valence-electron chi connectivity index (χ4n) is 9.06. The molecule has 4 aliphatic carbocycles. The average Bonchev–Trinajstić information content (AvgIpc) is 3.02. The number of hydrogen-bond acceptors (Lipinski definition) is 5. The highest BCUT2D eigenvalue weighted by molar-refractivity contribution is 5.72. The summed E-state index contributed by atoms with van der Waals surface area (Å²) in [5, 5.41) is 19.8. The van der Waals surface area contributed by atoms with Crippen molar-refractivity contribution < 1.29 is 24.5 Å². The van der Waals surface area contributed by atoms with Crippen molar-refractivity contribution in [2.75, 3.05) is 0 Å². The highest BCUT2D eigenvalue weighted by atomic mass is 16.7. The molecule has 5 rings (SSSR count). The fourth-order valence-corrected chi connectivity index (χ4v) is 9.06. The second kappa shape index (κ2) is 7.93. The zero-order valence-electron chi connectivity index (χ0n) is 20.1. The van der Waals surface area contributed by atoms with Gasteiger partial charge in [0.25, 0.3) is 0 Å². The molecule has 32 heavy (non-hydrogen) atoms. The molecule has 0 amide bonds. The van der Waals surface area contributed by atoms with Crippen molar-refractivity contribution in [3.8, 4) is 0 Å². The number of aliphatic hydroxyl groups is 1. The van der Waals surface area contributed by atoms with Gasteiger partial charge in [-0.2, -0.15) is 0 Å². The van der Waals surface area contributed by atoms with Gasteiger partial charge >= 0.3 is 5.97 Å². The molecule has 0 radical (unpaired) electrons. The van der Waals surface area contributed by atoms with Gasteiger partial charge in [0.05, 0.1) is 24.2 Å². The molecule has 11 atom stereocenters. The molecule has 0 aromatic heterocycles. The first-order valence-electron chi connectivity index (χ1n) is 13.1. The number of aliphatic carboxylic acids is 1. The van der Waals surface area contributed by atoms with Crippen molar-refractivity contribution in [2.45, 2.75) is 122 Å². The summed E-state index contributed by atoms with van der Waals surface area (Å²) in [7, 11) is 0. The highest BCUT2D eigenvalue weighted by Gasteiger charge is 2.67. The average molecular weight is 450 g/mol. The Hall–Kier alpha value is -0.690. The van der Waals surface area contributed by atoms with E-state index in [1.807, 2.05) is 6.92 Å². The first-order valence-corrected chi connectivity index (χ1v) is 13.1. The molecule has 0 bridgehead atoms. The van der Waals surface area contributed by atoms with Gasteiger partial charge in [-0.3, -0.25) is 4.79 Å². The minimum Gasteiger partial charge on any atom is -0.481 e. The summed E-state index contributed by atoms with van der Waals surface area (Å²) < 4.78 is 12.3. The van der Waals surface area contributed by atoms with Crippen LogP contribution in [0.1, 0.15) is 91.4 Å². The SMILES string of the molecule is C[C@@H]1O[C@@H](O[C@H]2CC[C@@]3(C)[C@H](CC[C@@H]4[C@@H]3CC[C@]3(C)[C@@H](C(=O)O)CC[C@]43N)C2)CC[C@H]1O. The summed E-state index contributed by atoms with van der Waals surface area (Å²) in [6.45, 7) is 6.60. The lowest BCUT2D eigenvalue weighted by molar-refractivity contribution is -0.247. The molecule has 182 valence electrons. The van der Waals surface area contributed by atoms with Crippen LogP contribution in [0.3, 0.4) is 0 Å². The number of aliphatic hydroxyl groups excluding tert-OH is 1. The van der Waals surface area contributed by atoms with Gasteiger partial charge in [-0.15, -0.1) is 0 Å². The maximum atomic E-state index is 12.0. The Morgan fingerprint density at radius 2 is 1.78 bits per heavy atom. The molecule has 0 spiro atoms. The Morgan fingerprint density at radius 3 is 2.50 bits per heavy atom. The van der Waals surface area contributed by atoms with Gasteiger partial charge in [-0.1, -0.05) is 13.8 Å². The van der Waals surface area contributed by atoms with Crippen molar-refractivity contribution in [3.05, 3.63) is 0 Å². The zero-order valence-corrected chi connectivity index (χ0v) is 20.1. The Kier molecular flexibility index (Phi) is 5.72. The summed E-state index contributed by atoms with van der Waals surface area (Å²) in [5.41, 5.74) is 6.87. The molecule has 0 aromatic carbocycles. The molecule has 6 nitrogen and oxygen atoms in total. The van der Waals surface area contributed by atoms with Gasteiger partial charge in [0, 0.05) is 12.0 Å². The monoisotopic (exact) mass is 449 g/mol. The third-order valence-corrected chi connectivity index (χ3v) is 11.2. The smallest absolute Gasteiger partial charge is 0.307 e. The first-order chi connectivity index (χ1) is 15.1. The number of hydrogen-bond donors (Lipinski definition) is 3. The third-order valence-electron chi connectivity index (χ3n) is 11.2. The molecule has 6 heteroatoms. The lowest BCUT2D eigenvalue weighted by Gasteiger charge is -2.64. The topological polar surface area (TPSA) is 102 Å². The van der Waals surface area contributed by atoms with Crippen LogP contribution >= 0.6 is 0 Å². The van der Waals surface area contributed by atoms with E-state index in [4.69, 9.17) is 15.2 Å². The van der Waals surface area contributed by atoms with E-state index in [2.05, 4.69) is 13.8 Å². The van der Waals surface area contributed by atoms with E-state index < -0.39 is 5.97 Å². The normalized spacial score (nSPS) is 55.5. The highest BCUT2D eigenvalue weighted by Crippen LogP contribution is 2.68. The van der Waals surface area contributed by atoms with Crippen LogP contribution in [0.4, 0.5) is 0 Å². The standard InChI is InChI=1S/C26H43NO5/c1-15-21(28)6-7-22(31-15)32-17-8-11-24(2)16(14-17)4-5-19-18(24)9-12-25(3)20(23(29)30)10-13-26(19,25)27/h15-22,28H,4-14,27H2,1-3H3,(H,29,30)/t15-,16+,17-,18-,19+,20+,21+,22-,24-,25+,26-/m0/s1. The maximum Gasteiger partial charge on any atom is 0.307 e. The quantitative estimate of drug-likeness (QED) is 0.561. The van der Waals surface area contributed by atoms with Crippen LogP contribution in [0.25, 0.3) is 0 Å². The van der Waals surface area contributed by atoms with Gasteiger partial charge < -0.3 is 25.4 Å². The number of carboxylic acid groups (broad SMARTS) is 1. The van der Waals surface area contributed by atoms with E-state index in [-0.39, 0.29) is 46.9 Å². The van der Waals surface area contributed by atoms with Crippen LogP contribution in [-0.4, -0.2) is 46.3 Å². The van der Waals surface area contributed by atoms with Gasteiger partial charge in [-0.05, 0) is 99.7 Å². The number of carboxylic acids is 1. The number of rotatable bonds is 3. The van der Waals surface area contributed by atoms with E-state index >= 15 is 0 Å². The largest absolute Gasteiger partial charge is 0.481 e. The minimum atomic E-state index is -0.650. The van der Waals surface area contributed by atoms with Gasteiger partial charge in [0.1, 0.15) is 0 Å². The van der Waals surface area contributed by atoms with Crippen LogP contribution in [0.5, 0.6) is 0 Å². The van der Waals surface area contributed by atoms with Crippen LogP contribution < -0.4 is 5.73 Å². The van der Waals surface area contributed by atoms with Crippen molar-refractivity contribution >= 4 is 5.97 Å². The minimum absolute atomic E-state index is 0.156. The van der Waals surface area contributed by atoms with Gasteiger partial charge in [0.2, 0.25) is 0 Å². The number of carbonyl (C=O) groups is 1. The van der Waals surface area contributed by atoms with Crippen molar-refractivity contribution in [1.82, 2.24) is 0 Å². The Bertz CT molecular complexity index is 746. The second-order valence-electron chi connectivity index (χ2n) is 12.4. The van der Waals surface area contributed by atoms with Crippen LogP contribution in [0.15, 0.2) is 0 Å². The summed E-state index contributed by atoms with van der Waals surface area (Å²) in [6.07, 6.45) is 10.3. The first kappa shape index (κ1) is 23.1.